The molecule has 0 aromatic heterocycles. The molecule has 2 aliphatic heterocycles. The highest BCUT2D eigenvalue weighted by Crippen LogP contribution is 2.21. The van der Waals surface area contributed by atoms with Gasteiger partial charge in [0.05, 0.1) is 5.57 Å². The number of rotatable bonds is 6. The fraction of sp³-hybridized carbons (Fsp3) is 0.217. The van der Waals surface area contributed by atoms with Crippen LogP contribution in [-0.4, -0.2) is 35.4 Å². The van der Waals surface area contributed by atoms with Crippen LogP contribution in [0.25, 0.3) is 0 Å². The second-order valence-corrected chi connectivity index (χ2v) is 7.49. The fourth-order valence-corrected chi connectivity index (χ4v) is 3.69. The van der Waals surface area contributed by atoms with Crippen LogP contribution in [-0.2, 0) is 17.9 Å². The monoisotopic (exact) mass is 385 g/mol. The van der Waals surface area contributed by atoms with Gasteiger partial charge >= 0.3 is 0 Å². The zero-order valence-electron chi connectivity index (χ0n) is 16.6. The lowest BCUT2D eigenvalue weighted by atomic mass is 10.1. The van der Waals surface area contributed by atoms with Crippen molar-refractivity contribution in [3.05, 3.63) is 81.9 Å². The van der Waals surface area contributed by atoms with E-state index in [1.807, 2.05) is 0 Å². The highest BCUT2D eigenvalue weighted by Gasteiger charge is 2.28. The molecule has 29 heavy (non-hydrogen) atoms. The van der Waals surface area contributed by atoms with Crippen LogP contribution in [0.4, 0.5) is 0 Å². The van der Waals surface area contributed by atoms with Crippen LogP contribution < -0.4 is 5.73 Å². The number of guanidine groups is 1. The summed E-state index contributed by atoms with van der Waals surface area (Å²) < 4.78 is 0. The van der Waals surface area contributed by atoms with Gasteiger partial charge in [0.2, 0.25) is 5.96 Å². The van der Waals surface area contributed by atoms with E-state index in [4.69, 9.17) is 5.73 Å². The number of nitrogens with two attached hydrogens (primary N) is 1. The number of hydrogen-bond acceptors (Lipinski definition) is 5. The number of benzene rings is 2. The van der Waals surface area contributed by atoms with Crippen LogP contribution in [0.2, 0.25) is 0 Å². The Morgan fingerprint density at radius 3 is 2.10 bits per heavy atom. The molecule has 4 rings (SSSR count). The molecule has 0 atom stereocenters. The molecule has 0 radical (unpaired) electrons. The molecule has 0 saturated carbocycles. The first-order valence-corrected chi connectivity index (χ1v) is 9.56. The summed E-state index contributed by atoms with van der Waals surface area (Å²) in [5, 5.41) is 0. The van der Waals surface area contributed by atoms with Crippen LogP contribution >= 0.6 is 0 Å². The SMILES string of the molecule is Cc1cccc(CN(CC2=C3C(=O)N=C(N)N=C3N=C2)Cc2cccc(C)c2)c1. The Kier molecular flexibility index (Phi) is 5.18. The zero-order valence-corrected chi connectivity index (χ0v) is 16.6. The van der Waals surface area contributed by atoms with E-state index in [9.17, 15) is 4.79 Å². The normalized spacial score (nSPS) is 15.6. The Labute approximate surface area is 170 Å². The van der Waals surface area contributed by atoms with E-state index >= 15 is 0 Å². The van der Waals surface area contributed by atoms with E-state index in [1.165, 1.54) is 22.3 Å². The van der Waals surface area contributed by atoms with Gasteiger partial charge in [-0.15, -0.1) is 0 Å². The van der Waals surface area contributed by atoms with Gasteiger partial charge in [-0.05, 0) is 25.0 Å². The summed E-state index contributed by atoms with van der Waals surface area (Å²) in [6, 6.07) is 17.0. The van der Waals surface area contributed by atoms with Crippen LogP contribution in [0, 0.1) is 13.8 Å². The Hall–Kier alpha value is -3.38. The maximum absolute atomic E-state index is 12.4. The molecule has 1 amide bonds. The third kappa shape index (κ3) is 4.38. The summed E-state index contributed by atoms with van der Waals surface area (Å²) in [5.41, 5.74) is 11.8. The van der Waals surface area contributed by atoms with E-state index in [-0.39, 0.29) is 11.9 Å². The molecule has 0 fully saturated rings. The molecule has 0 unspecified atom stereocenters. The average molecular weight is 385 g/mol. The molecule has 2 aromatic carbocycles. The van der Waals surface area contributed by atoms with Gasteiger partial charge in [0, 0.05) is 31.4 Å². The first-order valence-electron chi connectivity index (χ1n) is 9.56. The van der Waals surface area contributed by atoms with Crippen molar-refractivity contribution in [1.29, 1.82) is 0 Å². The van der Waals surface area contributed by atoms with Gasteiger partial charge in [0.15, 0.2) is 5.84 Å². The lowest BCUT2D eigenvalue weighted by molar-refractivity contribution is -0.114. The summed E-state index contributed by atoms with van der Waals surface area (Å²) in [7, 11) is 0. The van der Waals surface area contributed by atoms with Crippen molar-refractivity contribution in [2.75, 3.05) is 6.54 Å². The molecule has 2 aromatic rings. The molecule has 6 nitrogen and oxygen atoms in total. The number of nitrogens with zero attached hydrogens (tertiary/aromatic N) is 4. The molecule has 0 bridgehead atoms. The number of aryl methyl sites for hydroxylation is 2. The van der Waals surface area contributed by atoms with Gasteiger partial charge in [-0.2, -0.15) is 9.98 Å². The lowest BCUT2D eigenvalue weighted by Gasteiger charge is -2.23. The highest BCUT2D eigenvalue weighted by atomic mass is 16.1. The number of amidine groups is 1. The van der Waals surface area contributed by atoms with Gasteiger partial charge in [0.1, 0.15) is 0 Å². The molecule has 6 heteroatoms. The number of aliphatic imine (C=N–C) groups is 3. The van der Waals surface area contributed by atoms with E-state index in [0.29, 0.717) is 18.0 Å². The third-order valence-electron chi connectivity index (χ3n) is 4.91. The summed E-state index contributed by atoms with van der Waals surface area (Å²) in [5.74, 6) is -0.0434. The maximum atomic E-state index is 12.4. The predicted molar refractivity (Wildman–Crippen MR) is 116 cm³/mol. The van der Waals surface area contributed by atoms with Gasteiger partial charge in [-0.3, -0.25) is 9.69 Å². The summed E-state index contributed by atoms with van der Waals surface area (Å²) in [6.07, 6.45) is 1.71. The largest absolute Gasteiger partial charge is 0.368 e. The Bertz CT molecular complexity index is 1050. The first-order chi connectivity index (χ1) is 14.0. The number of carbonyl (C=O) groups is 1. The molecule has 2 N–H and O–H groups in total. The minimum Gasteiger partial charge on any atom is -0.368 e. The summed E-state index contributed by atoms with van der Waals surface area (Å²) in [4.78, 5) is 26.8. The lowest BCUT2D eigenvalue weighted by Crippen LogP contribution is -2.28. The first kappa shape index (κ1) is 19.0. The van der Waals surface area contributed by atoms with Crippen LogP contribution in [0.5, 0.6) is 0 Å². The van der Waals surface area contributed by atoms with Gasteiger partial charge in [-0.25, -0.2) is 4.99 Å². The highest BCUT2D eigenvalue weighted by molar-refractivity contribution is 6.34. The molecule has 0 spiro atoms. The molecular formula is C23H23N5O. The van der Waals surface area contributed by atoms with Crippen LogP contribution in [0.15, 0.2) is 74.7 Å². The van der Waals surface area contributed by atoms with Crippen LogP contribution in [0.1, 0.15) is 22.3 Å². The maximum Gasteiger partial charge on any atom is 0.284 e. The van der Waals surface area contributed by atoms with Crippen LogP contribution in [0.3, 0.4) is 0 Å². The summed E-state index contributed by atoms with van der Waals surface area (Å²) in [6.45, 7) is 6.27. The zero-order chi connectivity index (χ0) is 20.4. The standard InChI is InChI=1S/C23H23N5O/c1-15-5-3-7-17(9-15)12-28(13-18-8-4-6-16(2)10-18)14-19-11-25-21-20(19)22(29)27-23(24)26-21/h3-11H,12-14H2,1-2H3,(H2,24,27,29). The molecule has 0 aliphatic carbocycles. The van der Waals surface area contributed by atoms with E-state index in [1.54, 1.807) is 6.21 Å². The average Bonchev–Trinajstić information content (AvgIpc) is 3.04. The smallest absolute Gasteiger partial charge is 0.284 e. The van der Waals surface area contributed by atoms with Crippen molar-refractivity contribution in [1.82, 2.24) is 4.90 Å². The van der Waals surface area contributed by atoms with Gasteiger partial charge in [0.25, 0.3) is 5.91 Å². The number of hydrogen-bond donors (Lipinski definition) is 1. The topological polar surface area (TPSA) is 83.4 Å². The van der Waals surface area contributed by atoms with Crippen molar-refractivity contribution in [3.8, 4) is 0 Å². The molecule has 0 saturated heterocycles. The molecular weight excluding hydrogens is 362 g/mol. The summed E-state index contributed by atoms with van der Waals surface area (Å²) >= 11 is 0. The second-order valence-electron chi connectivity index (χ2n) is 7.49. The minimum absolute atomic E-state index is 0.0384. The molecule has 146 valence electrons. The van der Waals surface area contributed by atoms with Crippen molar-refractivity contribution in [3.63, 3.8) is 0 Å². The fourth-order valence-electron chi connectivity index (χ4n) is 3.69. The van der Waals surface area contributed by atoms with E-state index in [0.717, 1.165) is 18.7 Å². The third-order valence-corrected chi connectivity index (χ3v) is 4.91. The van der Waals surface area contributed by atoms with Crippen molar-refractivity contribution in [2.24, 2.45) is 20.7 Å². The van der Waals surface area contributed by atoms with Crippen molar-refractivity contribution in [2.45, 2.75) is 26.9 Å². The number of carbonyl (C=O) groups excluding carboxylic acids is 1. The van der Waals surface area contributed by atoms with Crippen molar-refractivity contribution >= 4 is 23.9 Å². The van der Waals surface area contributed by atoms with Gasteiger partial charge in [-0.1, -0.05) is 59.7 Å². The quantitative estimate of drug-likeness (QED) is 0.830. The molecule has 2 heterocycles. The minimum atomic E-state index is -0.369. The second kappa shape index (κ2) is 7.93. The van der Waals surface area contributed by atoms with E-state index < -0.39 is 0 Å². The number of amides is 1. The van der Waals surface area contributed by atoms with Gasteiger partial charge < -0.3 is 5.73 Å². The Balaban J connectivity index is 1.62. The Morgan fingerprint density at radius 2 is 1.52 bits per heavy atom. The Morgan fingerprint density at radius 1 is 0.897 bits per heavy atom. The van der Waals surface area contributed by atoms with Crippen molar-refractivity contribution < 1.29 is 4.79 Å². The predicted octanol–water partition coefficient (Wildman–Crippen LogP) is 2.94. The van der Waals surface area contributed by atoms with E-state index in [2.05, 4.69) is 82.3 Å². The molecule has 2 aliphatic rings. The number of fused-ring (bicyclic) bond motifs is 1.